The fourth-order valence-corrected chi connectivity index (χ4v) is 5.99. The highest BCUT2D eigenvalue weighted by molar-refractivity contribution is 7.78. The lowest BCUT2D eigenvalue weighted by atomic mass is 10.1. The van der Waals surface area contributed by atoms with Gasteiger partial charge in [-0.1, -0.05) is 29.3 Å². The molecule has 8 nitrogen and oxygen atoms in total. The van der Waals surface area contributed by atoms with Crippen LogP contribution in [0.4, 0.5) is 17.1 Å². The molecular formula is C31H29Cl2N5O3S. The number of nitrogens with zero attached hydrogens (tertiary/aromatic N) is 5. The fraction of sp³-hybridized carbons (Fsp3) is 0.290. The molecule has 3 heterocycles. The SMILES string of the molecule is S=C=Nc1ccc(N2CCN(c3ccc(OCC4COC(Cn5ccnc5)(c5ccc(Cl)cc5Cl)O4)cc3)CC2)cc1. The van der Waals surface area contributed by atoms with Crippen molar-refractivity contribution in [3.05, 3.63) is 101 Å². The van der Waals surface area contributed by atoms with Crippen molar-refractivity contribution >= 4 is 57.6 Å². The number of piperazine rings is 1. The van der Waals surface area contributed by atoms with Crippen molar-refractivity contribution in [1.82, 2.24) is 9.55 Å². The summed E-state index contributed by atoms with van der Waals surface area (Å²) in [5.41, 5.74) is 3.89. The Kier molecular flexibility index (Phi) is 8.76. The van der Waals surface area contributed by atoms with Crippen molar-refractivity contribution < 1.29 is 14.2 Å². The van der Waals surface area contributed by atoms with E-state index in [0.717, 1.165) is 37.6 Å². The molecule has 216 valence electrons. The molecule has 0 N–H and O–H groups in total. The number of anilines is 2. The predicted octanol–water partition coefficient (Wildman–Crippen LogP) is 6.60. The second-order valence-corrected chi connectivity index (χ2v) is 11.2. The topological polar surface area (TPSA) is 64.3 Å². The van der Waals surface area contributed by atoms with E-state index in [9.17, 15) is 0 Å². The van der Waals surface area contributed by atoms with Crippen molar-refractivity contribution in [2.24, 2.45) is 4.99 Å². The van der Waals surface area contributed by atoms with Gasteiger partial charge in [-0.05, 0) is 72.9 Å². The van der Waals surface area contributed by atoms with Crippen LogP contribution in [0, 0.1) is 0 Å². The number of benzene rings is 3. The van der Waals surface area contributed by atoms with Crippen molar-refractivity contribution in [2.45, 2.75) is 18.4 Å². The fourth-order valence-electron chi connectivity index (χ4n) is 5.33. The zero-order chi connectivity index (χ0) is 28.9. The van der Waals surface area contributed by atoms with Gasteiger partial charge in [-0.25, -0.2) is 4.98 Å². The summed E-state index contributed by atoms with van der Waals surface area (Å²) < 4.78 is 20.8. The smallest absolute Gasteiger partial charge is 0.215 e. The number of aliphatic imine (C=N–C) groups is 1. The Morgan fingerprint density at radius 2 is 1.67 bits per heavy atom. The van der Waals surface area contributed by atoms with Gasteiger partial charge in [-0.15, -0.1) is 0 Å². The lowest BCUT2D eigenvalue weighted by Gasteiger charge is -2.37. The number of imidazole rings is 1. The molecule has 0 amide bonds. The number of aromatic nitrogens is 2. The zero-order valence-electron chi connectivity index (χ0n) is 22.7. The average molecular weight is 623 g/mol. The highest BCUT2D eigenvalue weighted by atomic mass is 35.5. The van der Waals surface area contributed by atoms with Crippen LogP contribution in [0.15, 0.2) is 90.4 Å². The molecule has 2 aliphatic heterocycles. The van der Waals surface area contributed by atoms with Gasteiger partial charge in [0.2, 0.25) is 5.79 Å². The van der Waals surface area contributed by atoms with Gasteiger partial charge >= 0.3 is 0 Å². The summed E-state index contributed by atoms with van der Waals surface area (Å²) in [6.07, 6.45) is 5.01. The van der Waals surface area contributed by atoms with Crippen LogP contribution in [0.2, 0.25) is 10.0 Å². The molecule has 0 saturated carbocycles. The molecule has 0 aliphatic carbocycles. The number of hydrogen-bond acceptors (Lipinski definition) is 8. The third kappa shape index (κ3) is 6.47. The largest absolute Gasteiger partial charge is 0.491 e. The van der Waals surface area contributed by atoms with Gasteiger partial charge in [0.25, 0.3) is 0 Å². The normalized spacial score (nSPS) is 20.4. The van der Waals surface area contributed by atoms with Crippen LogP contribution in [0.3, 0.4) is 0 Å². The number of halogens is 2. The molecule has 0 spiro atoms. The molecule has 1 aromatic heterocycles. The van der Waals surface area contributed by atoms with Gasteiger partial charge in [-0.3, -0.25) is 0 Å². The molecule has 11 heteroatoms. The molecule has 2 aliphatic rings. The van der Waals surface area contributed by atoms with Gasteiger partial charge in [-0.2, -0.15) is 4.99 Å². The highest BCUT2D eigenvalue weighted by Gasteiger charge is 2.45. The average Bonchev–Trinajstić information content (AvgIpc) is 3.68. The standard InChI is InChI=1S/C31H29Cl2N5O3S/c32-23-1-10-29(30(33)17-23)31(20-36-12-11-34-21-36)40-19-28(41-31)18-39-27-8-6-26(7-9-27)38-15-13-37(14-16-38)25-4-2-24(3-5-25)35-22-42/h1-12,17,21,28H,13-16,18-20H2. The molecule has 0 bridgehead atoms. The molecule has 0 radical (unpaired) electrons. The van der Waals surface area contributed by atoms with Crippen molar-refractivity contribution in [1.29, 1.82) is 0 Å². The molecule has 6 rings (SSSR count). The molecular weight excluding hydrogens is 593 g/mol. The van der Waals surface area contributed by atoms with E-state index in [4.69, 9.17) is 37.4 Å². The lowest BCUT2D eigenvalue weighted by Crippen LogP contribution is -2.46. The summed E-state index contributed by atoms with van der Waals surface area (Å²) >= 11 is 17.4. The lowest BCUT2D eigenvalue weighted by molar-refractivity contribution is -0.189. The van der Waals surface area contributed by atoms with Gasteiger partial charge in [0.1, 0.15) is 18.5 Å². The Morgan fingerprint density at radius 3 is 2.29 bits per heavy atom. The van der Waals surface area contributed by atoms with E-state index in [2.05, 4.69) is 61.4 Å². The van der Waals surface area contributed by atoms with E-state index in [0.29, 0.717) is 35.4 Å². The molecule has 2 fully saturated rings. The minimum Gasteiger partial charge on any atom is -0.491 e. The van der Waals surface area contributed by atoms with E-state index in [1.807, 2.05) is 41.1 Å². The number of thiocarbonyl (C=S) groups is 1. The van der Waals surface area contributed by atoms with E-state index in [-0.39, 0.29) is 6.10 Å². The molecule has 3 aromatic carbocycles. The summed E-state index contributed by atoms with van der Waals surface area (Å²) in [6, 6.07) is 21.6. The van der Waals surface area contributed by atoms with Crippen molar-refractivity contribution in [3.8, 4) is 5.75 Å². The van der Waals surface area contributed by atoms with E-state index < -0.39 is 5.79 Å². The Morgan fingerprint density at radius 1 is 0.976 bits per heavy atom. The van der Waals surface area contributed by atoms with Crippen molar-refractivity contribution in [2.75, 3.05) is 49.2 Å². The minimum absolute atomic E-state index is 0.288. The van der Waals surface area contributed by atoms with Crippen LogP contribution in [-0.4, -0.2) is 60.2 Å². The number of isothiocyanates is 1. The van der Waals surface area contributed by atoms with Crippen LogP contribution in [0.1, 0.15) is 5.56 Å². The maximum atomic E-state index is 6.58. The first-order chi connectivity index (χ1) is 20.5. The Hall–Kier alpha value is -3.43. The zero-order valence-corrected chi connectivity index (χ0v) is 25.1. The van der Waals surface area contributed by atoms with Crippen LogP contribution in [-0.2, 0) is 21.8 Å². The Balaban J connectivity index is 1.04. The third-order valence-electron chi connectivity index (χ3n) is 7.46. The number of hydrogen-bond donors (Lipinski definition) is 0. The first-order valence-corrected chi connectivity index (χ1v) is 14.8. The van der Waals surface area contributed by atoms with Crippen molar-refractivity contribution in [3.63, 3.8) is 0 Å². The van der Waals surface area contributed by atoms with Gasteiger partial charge in [0, 0.05) is 60.5 Å². The van der Waals surface area contributed by atoms with E-state index in [1.165, 1.54) is 11.4 Å². The molecule has 2 atom stereocenters. The van der Waals surface area contributed by atoms with Crippen LogP contribution in [0.5, 0.6) is 5.75 Å². The second-order valence-electron chi connectivity index (χ2n) is 10.2. The summed E-state index contributed by atoms with van der Waals surface area (Å²) in [7, 11) is 0. The Labute approximate surface area is 260 Å². The van der Waals surface area contributed by atoms with Gasteiger partial charge < -0.3 is 28.6 Å². The van der Waals surface area contributed by atoms with Crippen LogP contribution >= 0.6 is 35.4 Å². The highest BCUT2D eigenvalue weighted by Crippen LogP contribution is 2.40. The van der Waals surface area contributed by atoms with Crippen LogP contribution in [0.25, 0.3) is 0 Å². The number of rotatable bonds is 9. The number of ether oxygens (including phenoxy) is 3. The van der Waals surface area contributed by atoms with Crippen LogP contribution < -0.4 is 14.5 Å². The molecule has 42 heavy (non-hydrogen) atoms. The summed E-state index contributed by atoms with van der Waals surface area (Å²) in [5.74, 6) is -0.306. The summed E-state index contributed by atoms with van der Waals surface area (Å²) in [5, 5.41) is 3.44. The maximum absolute atomic E-state index is 6.58. The summed E-state index contributed by atoms with van der Waals surface area (Å²) in [4.78, 5) is 12.9. The summed E-state index contributed by atoms with van der Waals surface area (Å²) in [6.45, 7) is 4.82. The minimum atomic E-state index is -1.08. The monoisotopic (exact) mass is 621 g/mol. The first kappa shape index (κ1) is 28.7. The quantitative estimate of drug-likeness (QED) is 0.154. The molecule has 2 unspecified atom stereocenters. The first-order valence-electron chi connectivity index (χ1n) is 13.7. The maximum Gasteiger partial charge on any atom is 0.215 e. The van der Waals surface area contributed by atoms with Gasteiger partial charge in [0.05, 0.1) is 35.4 Å². The molecule has 4 aromatic rings. The van der Waals surface area contributed by atoms with E-state index in [1.54, 1.807) is 24.7 Å². The molecule has 2 saturated heterocycles. The predicted molar refractivity (Wildman–Crippen MR) is 169 cm³/mol. The van der Waals surface area contributed by atoms with E-state index >= 15 is 0 Å². The van der Waals surface area contributed by atoms with Gasteiger partial charge in [0.15, 0.2) is 0 Å². The second kappa shape index (κ2) is 12.8. The third-order valence-corrected chi connectivity index (χ3v) is 8.10. The Bertz CT molecular complexity index is 1540.